The second-order valence-corrected chi connectivity index (χ2v) is 7.71. The topological polar surface area (TPSA) is 28.6 Å². The van der Waals surface area contributed by atoms with E-state index in [0.29, 0.717) is 5.92 Å². The summed E-state index contributed by atoms with van der Waals surface area (Å²) in [5.41, 5.74) is 4.08. The Morgan fingerprint density at radius 1 is 1.12 bits per heavy atom. The van der Waals surface area contributed by atoms with Gasteiger partial charge in [0.15, 0.2) is 0 Å². The fourth-order valence-electron chi connectivity index (χ4n) is 3.62. The van der Waals surface area contributed by atoms with Gasteiger partial charge in [-0.3, -0.25) is 0 Å². The van der Waals surface area contributed by atoms with Crippen LogP contribution in [0.15, 0.2) is 41.6 Å². The lowest BCUT2D eigenvalue weighted by Crippen LogP contribution is -2.44. The summed E-state index contributed by atoms with van der Waals surface area (Å²) in [7, 11) is 2.20. The van der Waals surface area contributed by atoms with Crippen molar-refractivity contribution in [2.45, 2.75) is 39.0 Å². The summed E-state index contributed by atoms with van der Waals surface area (Å²) in [6.07, 6.45) is 9.92. The normalized spacial score (nSPS) is 22.0. The van der Waals surface area contributed by atoms with Gasteiger partial charge in [-0.2, -0.15) is 0 Å². The van der Waals surface area contributed by atoms with Gasteiger partial charge in [0.25, 0.3) is 0 Å². The molecule has 1 aliphatic carbocycles. The summed E-state index contributed by atoms with van der Waals surface area (Å²) in [4.78, 5) is 9.35. The molecule has 0 saturated carbocycles. The maximum absolute atomic E-state index is 5.92. The van der Waals surface area contributed by atoms with E-state index >= 15 is 0 Å². The molecule has 1 atom stereocenters. The third-order valence-corrected chi connectivity index (χ3v) is 5.65. The van der Waals surface area contributed by atoms with Crippen LogP contribution in [-0.4, -0.2) is 61.2 Å². The molecule has 142 valence electrons. The van der Waals surface area contributed by atoms with E-state index < -0.39 is 0 Å². The zero-order chi connectivity index (χ0) is 18.4. The van der Waals surface area contributed by atoms with Crippen molar-refractivity contribution < 1.29 is 4.74 Å². The lowest BCUT2D eigenvalue weighted by molar-refractivity contribution is 0.149. The Kier molecular flexibility index (Phi) is 6.86. The Balaban J connectivity index is 1.40. The van der Waals surface area contributed by atoms with E-state index in [-0.39, 0.29) is 0 Å². The Morgan fingerprint density at radius 2 is 1.92 bits per heavy atom. The molecule has 1 aromatic rings. The maximum atomic E-state index is 5.92. The summed E-state index contributed by atoms with van der Waals surface area (Å²) >= 11 is 0. The van der Waals surface area contributed by atoms with Gasteiger partial charge in [-0.25, -0.2) is 4.98 Å². The van der Waals surface area contributed by atoms with Crippen LogP contribution < -0.4 is 4.74 Å². The zero-order valence-electron chi connectivity index (χ0n) is 16.6. The minimum Gasteiger partial charge on any atom is -0.478 e. The van der Waals surface area contributed by atoms with Crippen molar-refractivity contribution >= 4 is 0 Å². The smallest absolute Gasteiger partial charge is 0.213 e. The molecule has 1 fully saturated rings. The molecule has 3 rings (SSSR count). The molecule has 2 aliphatic rings. The van der Waals surface area contributed by atoms with Gasteiger partial charge >= 0.3 is 0 Å². The Hall–Kier alpha value is -1.65. The lowest BCUT2D eigenvalue weighted by atomic mass is 9.87. The fourth-order valence-corrected chi connectivity index (χ4v) is 3.62. The number of hydrogen-bond donors (Lipinski definition) is 0. The van der Waals surface area contributed by atoms with E-state index in [2.05, 4.69) is 60.0 Å². The predicted octanol–water partition coefficient (Wildman–Crippen LogP) is 3.87. The van der Waals surface area contributed by atoms with Crippen molar-refractivity contribution in [3.05, 3.63) is 47.2 Å². The van der Waals surface area contributed by atoms with Crippen molar-refractivity contribution in [2.75, 3.05) is 46.4 Å². The third kappa shape index (κ3) is 5.42. The van der Waals surface area contributed by atoms with Crippen molar-refractivity contribution in [3.8, 4) is 5.88 Å². The highest BCUT2D eigenvalue weighted by Gasteiger charge is 2.14. The monoisotopic (exact) mass is 355 g/mol. The van der Waals surface area contributed by atoms with Gasteiger partial charge in [0.2, 0.25) is 5.88 Å². The molecular formula is C22H33N3O. The summed E-state index contributed by atoms with van der Waals surface area (Å²) < 4.78 is 5.92. The van der Waals surface area contributed by atoms with E-state index in [9.17, 15) is 0 Å². The van der Waals surface area contributed by atoms with Gasteiger partial charge in [-0.15, -0.1) is 0 Å². The molecule has 1 aromatic heterocycles. The molecule has 4 heteroatoms. The molecule has 2 heterocycles. The summed E-state index contributed by atoms with van der Waals surface area (Å²) in [6.45, 7) is 11.1. The van der Waals surface area contributed by atoms with Crippen LogP contribution in [0.1, 0.15) is 44.6 Å². The molecule has 0 N–H and O–H groups in total. The molecule has 1 saturated heterocycles. The van der Waals surface area contributed by atoms with Crippen molar-refractivity contribution in [2.24, 2.45) is 0 Å². The van der Waals surface area contributed by atoms with Gasteiger partial charge in [-0.1, -0.05) is 23.3 Å². The number of unbranched alkanes of at least 4 members (excludes halogenated alkanes) is 1. The minimum absolute atomic E-state index is 0.446. The number of aromatic nitrogens is 1. The predicted molar refractivity (Wildman–Crippen MR) is 108 cm³/mol. The zero-order valence-corrected chi connectivity index (χ0v) is 16.6. The number of hydrogen-bond acceptors (Lipinski definition) is 4. The van der Waals surface area contributed by atoms with Crippen LogP contribution in [0.4, 0.5) is 0 Å². The summed E-state index contributed by atoms with van der Waals surface area (Å²) in [6, 6.07) is 4.23. The van der Waals surface area contributed by atoms with Gasteiger partial charge in [-0.05, 0) is 58.3 Å². The first kappa shape index (κ1) is 19.1. The highest BCUT2D eigenvalue weighted by Crippen LogP contribution is 2.31. The van der Waals surface area contributed by atoms with E-state index in [4.69, 9.17) is 4.74 Å². The average molecular weight is 356 g/mol. The number of rotatable bonds is 7. The number of piperazine rings is 1. The average Bonchev–Trinajstić information content (AvgIpc) is 2.65. The number of likely N-dealkylation sites (N-methyl/N-ethyl adjacent to an activating group) is 1. The number of allylic oxidation sites excluding steroid dienone is 4. The first-order chi connectivity index (χ1) is 12.6. The molecule has 0 radical (unpaired) electrons. The van der Waals surface area contributed by atoms with Crippen LogP contribution in [0.25, 0.3) is 0 Å². The Bertz CT molecular complexity index is 645. The van der Waals surface area contributed by atoms with Gasteiger partial charge in [0.1, 0.15) is 0 Å². The van der Waals surface area contributed by atoms with Crippen LogP contribution in [0, 0.1) is 0 Å². The first-order valence-electron chi connectivity index (χ1n) is 9.97. The van der Waals surface area contributed by atoms with Crippen LogP contribution in [-0.2, 0) is 0 Å². The van der Waals surface area contributed by atoms with Crippen molar-refractivity contribution in [1.29, 1.82) is 0 Å². The molecule has 0 amide bonds. The lowest BCUT2D eigenvalue weighted by Gasteiger charge is -2.32. The van der Waals surface area contributed by atoms with E-state index in [1.54, 1.807) is 0 Å². The number of ether oxygens (including phenoxy) is 1. The summed E-state index contributed by atoms with van der Waals surface area (Å²) in [5, 5.41) is 0. The molecule has 0 aromatic carbocycles. The number of pyridine rings is 1. The Labute approximate surface area is 158 Å². The Morgan fingerprint density at radius 3 is 2.69 bits per heavy atom. The minimum atomic E-state index is 0.446. The quantitative estimate of drug-likeness (QED) is 0.694. The molecule has 0 spiro atoms. The highest BCUT2D eigenvalue weighted by molar-refractivity contribution is 5.38. The van der Waals surface area contributed by atoms with Gasteiger partial charge in [0, 0.05) is 44.4 Å². The highest BCUT2D eigenvalue weighted by atomic mass is 16.5. The second-order valence-electron chi connectivity index (χ2n) is 7.71. The first-order valence-corrected chi connectivity index (χ1v) is 9.97. The van der Waals surface area contributed by atoms with E-state index in [1.807, 2.05) is 6.20 Å². The fraction of sp³-hybridized carbons (Fsp3) is 0.591. The molecule has 26 heavy (non-hydrogen) atoms. The SMILES string of the molecule is CC1=CCC(c2ccnc(OCCCCN3CCN(C)CC3)c2)C=C1C. The molecule has 0 bridgehead atoms. The molecule has 1 unspecified atom stereocenters. The summed E-state index contributed by atoms with van der Waals surface area (Å²) in [5.74, 6) is 1.21. The van der Waals surface area contributed by atoms with E-state index in [1.165, 1.54) is 55.9 Å². The second kappa shape index (κ2) is 9.33. The van der Waals surface area contributed by atoms with Gasteiger partial charge < -0.3 is 14.5 Å². The van der Waals surface area contributed by atoms with Gasteiger partial charge in [0.05, 0.1) is 6.61 Å². The van der Waals surface area contributed by atoms with Crippen LogP contribution in [0.3, 0.4) is 0 Å². The van der Waals surface area contributed by atoms with Crippen molar-refractivity contribution in [1.82, 2.24) is 14.8 Å². The van der Waals surface area contributed by atoms with Crippen LogP contribution in [0.2, 0.25) is 0 Å². The standard InChI is InChI=1S/C22H33N3O/c1-18-6-7-20(16-19(18)2)21-8-9-23-22(17-21)26-15-5-4-10-25-13-11-24(3)12-14-25/h6,8-9,16-17,20H,4-5,7,10-15H2,1-3H3. The van der Waals surface area contributed by atoms with Crippen molar-refractivity contribution in [3.63, 3.8) is 0 Å². The van der Waals surface area contributed by atoms with E-state index in [0.717, 1.165) is 25.3 Å². The largest absolute Gasteiger partial charge is 0.478 e. The number of nitrogens with zero attached hydrogens (tertiary/aromatic N) is 3. The van der Waals surface area contributed by atoms with Crippen LogP contribution >= 0.6 is 0 Å². The molecule has 1 aliphatic heterocycles. The molecule has 4 nitrogen and oxygen atoms in total. The molecular weight excluding hydrogens is 322 g/mol. The third-order valence-electron chi connectivity index (χ3n) is 5.65. The maximum Gasteiger partial charge on any atom is 0.213 e. The van der Waals surface area contributed by atoms with Crippen LogP contribution in [0.5, 0.6) is 5.88 Å².